The van der Waals surface area contributed by atoms with Gasteiger partial charge in [0, 0.05) is 12.4 Å². The number of anilines is 1. The molecule has 0 fully saturated rings. The first-order valence-corrected chi connectivity index (χ1v) is 7.01. The van der Waals surface area contributed by atoms with Gasteiger partial charge in [0.1, 0.15) is 0 Å². The third-order valence-corrected chi connectivity index (χ3v) is 3.33. The van der Waals surface area contributed by atoms with Crippen molar-refractivity contribution in [2.45, 2.75) is 0 Å². The Balaban J connectivity index is 1.94. The van der Waals surface area contributed by atoms with Crippen molar-refractivity contribution in [2.75, 3.05) is 5.32 Å². The summed E-state index contributed by atoms with van der Waals surface area (Å²) in [7, 11) is 0. The molecule has 2 aromatic heterocycles. The Morgan fingerprint density at radius 1 is 1.04 bits per heavy atom. The number of aromatic nitrogens is 3. The summed E-state index contributed by atoms with van der Waals surface area (Å²) in [5.74, 6) is -0.760. The number of nitrogens with one attached hydrogen (secondary N) is 1. The maximum atomic E-state index is 11.4. The van der Waals surface area contributed by atoms with E-state index in [1.165, 1.54) is 10.9 Å². The highest BCUT2D eigenvalue weighted by Gasteiger charge is 2.16. The zero-order valence-electron chi connectivity index (χ0n) is 12.5. The van der Waals surface area contributed by atoms with Gasteiger partial charge in [-0.15, -0.1) is 0 Å². The summed E-state index contributed by atoms with van der Waals surface area (Å²) in [6, 6.07) is 10.5. The van der Waals surface area contributed by atoms with E-state index in [4.69, 9.17) is 11.5 Å². The average Bonchev–Trinajstić information content (AvgIpc) is 2.99. The molecule has 3 rings (SSSR count). The van der Waals surface area contributed by atoms with Crippen molar-refractivity contribution < 1.29 is 9.59 Å². The van der Waals surface area contributed by atoms with Crippen LogP contribution >= 0.6 is 0 Å². The zero-order chi connectivity index (χ0) is 17.1. The summed E-state index contributed by atoms with van der Waals surface area (Å²) in [5, 5.41) is 6.42. The van der Waals surface area contributed by atoms with E-state index in [1.807, 2.05) is 36.4 Å². The smallest absolute Gasteiger partial charge is 0.316 e. The topological polar surface area (TPSA) is 129 Å². The minimum atomic E-state index is -0.802. The molecular weight excluding hydrogens is 308 g/mol. The van der Waals surface area contributed by atoms with Gasteiger partial charge in [-0.2, -0.15) is 5.10 Å². The maximum absolute atomic E-state index is 11.4. The molecule has 8 nitrogen and oxygen atoms in total. The summed E-state index contributed by atoms with van der Waals surface area (Å²) < 4.78 is 1.44. The van der Waals surface area contributed by atoms with Crippen LogP contribution in [0.3, 0.4) is 0 Å². The molecule has 0 bridgehead atoms. The molecule has 2 heterocycles. The lowest BCUT2D eigenvalue weighted by molar-refractivity contribution is 0.0996. The van der Waals surface area contributed by atoms with E-state index < -0.39 is 11.9 Å². The largest absolute Gasteiger partial charge is 0.364 e. The molecule has 5 N–H and O–H groups in total. The molecule has 0 atom stereocenters. The van der Waals surface area contributed by atoms with Crippen molar-refractivity contribution in [1.82, 2.24) is 14.8 Å². The first-order valence-electron chi connectivity index (χ1n) is 7.01. The number of carbonyl (C=O) groups is 2. The van der Waals surface area contributed by atoms with E-state index >= 15 is 0 Å². The normalized spacial score (nSPS) is 10.3. The number of hydrogen-bond donors (Lipinski definition) is 3. The van der Waals surface area contributed by atoms with Crippen molar-refractivity contribution in [3.63, 3.8) is 0 Å². The highest BCUT2D eigenvalue weighted by atomic mass is 16.2. The number of rotatable bonds is 4. The average molecular weight is 322 g/mol. The van der Waals surface area contributed by atoms with Crippen molar-refractivity contribution in [3.05, 3.63) is 60.7 Å². The summed E-state index contributed by atoms with van der Waals surface area (Å²) in [5.41, 5.74) is 13.1. The van der Waals surface area contributed by atoms with Crippen LogP contribution in [-0.2, 0) is 0 Å². The van der Waals surface area contributed by atoms with Crippen LogP contribution in [0.25, 0.3) is 16.8 Å². The lowest BCUT2D eigenvalue weighted by atomic mass is 10.1. The molecule has 3 aromatic rings. The van der Waals surface area contributed by atoms with Crippen LogP contribution in [0.2, 0.25) is 0 Å². The minimum Gasteiger partial charge on any atom is -0.364 e. The van der Waals surface area contributed by atoms with Gasteiger partial charge in [-0.3, -0.25) is 9.78 Å². The molecule has 0 saturated heterocycles. The molecule has 0 aliphatic carbocycles. The number of carbonyl (C=O) groups excluding carboxylic acids is 2. The minimum absolute atomic E-state index is 0.0647. The van der Waals surface area contributed by atoms with Gasteiger partial charge in [0.2, 0.25) is 0 Å². The monoisotopic (exact) mass is 322 g/mol. The first kappa shape index (κ1) is 15.2. The second-order valence-corrected chi connectivity index (χ2v) is 4.98. The van der Waals surface area contributed by atoms with Crippen molar-refractivity contribution >= 4 is 17.6 Å². The maximum Gasteiger partial charge on any atom is 0.316 e. The summed E-state index contributed by atoms with van der Waals surface area (Å²) >= 11 is 0. The van der Waals surface area contributed by atoms with Crippen LogP contribution in [0.15, 0.2) is 55.0 Å². The SMILES string of the molecule is NC(=O)Nc1cn(-c2ccc(-c3cccnc3)cc2)nc1C(N)=O. The van der Waals surface area contributed by atoms with E-state index in [0.29, 0.717) is 5.69 Å². The lowest BCUT2D eigenvalue weighted by Gasteiger charge is -2.04. The second-order valence-electron chi connectivity index (χ2n) is 4.98. The lowest BCUT2D eigenvalue weighted by Crippen LogP contribution is -2.22. The molecule has 0 unspecified atom stereocenters. The van der Waals surface area contributed by atoms with E-state index in [1.54, 1.807) is 12.4 Å². The Bertz CT molecular complexity index is 887. The fourth-order valence-corrected chi connectivity index (χ4v) is 2.25. The number of urea groups is 1. The van der Waals surface area contributed by atoms with Crippen LogP contribution in [0.1, 0.15) is 10.5 Å². The Morgan fingerprint density at radius 3 is 2.38 bits per heavy atom. The van der Waals surface area contributed by atoms with E-state index in [-0.39, 0.29) is 11.4 Å². The molecule has 8 heteroatoms. The van der Waals surface area contributed by atoms with Gasteiger partial charge in [0.25, 0.3) is 5.91 Å². The molecule has 24 heavy (non-hydrogen) atoms. The van der Waals surface area contributed by atoms with Gasteiger partial charge in [0.15, 0.2) is 5.69 Å². The third kappa shape index (κ3) is 3.07. The summed E-state index contributed by atoms with van der Waals surface area (Å²) in [6.45, 7) is 0. The van der Waals surface area contributed by atoms with Gasteiger partial charge in [-0.25, -0.2) is 9.48 Å². The quantitative estimate of drug-likeness (QED) is 0.672. The van der Waals surface area contributed by atoms with Crippen molar-refractivity contribution in [1.29, 1.82) is 0 Å². The van der Waals surface area contributed by atoms with Gasteiger partial charge >= 0.3 is 6.03 Å². The molecule has 0 aliphatic heterocycles. The third-order valence-electron chi connectivity index (χ3n) is 3.33. The number of hydrogen-bond acceptors (Lipinski definition) is 4. The fraction of sp³-hybridized carbons (Fsp3) is 0. The standard InChI is InChI=1S/C16H14N6O2/c17-15(23)14-13(20-16(18)24)9-22(21-14)12-5-3-10(4-6-12)11-2-1-7-19-8-11/h1-9H,(H2,17,23)(H3,18,20,24). The van der Waals surface area contributed by atoms with Crippen LogP contribution in [0.4, 0.5) is 10.5 Å². The number of amides is 3. The molecule has 0 aliphatic rings. The van der Waals surface area contributed by atoms with Crippen LogP contribution in [0.5, 0.6) is 0 Å². The molecule has 0 radical (unpaired) electrons. The van der Waals surface area contributed by atoms with Gasteiger partial charge in [-0.05, 0) is 29.3 Å². The number of benzene rings is 1. The Hall–Kier alpha value is -3.68. The predicted octanol–water partition coefficient (Wildman–Crippen LogP) is 1.52. The molecule has 0 spiro atoms. The Morgan fingerprint density at radius 2 is 1.79 bits per heavy atom. The number of nitrogens with two attached hydrogens (primary N) is 2. The first-order chi connectivity index (χ1) is 11.5. The molecular formula is C16H14N6O2. The molecule has 120 valence electrons. The summed E-state index contributed by atoms with van der Waals surface area (Å²) in [4.78, 5) is 26.5. The molecule has 1 aromatic carbocycles. The van der Waals surface area contributed by atoms with Crippen LogP contribution < -0.4 is 16.8 Å². The second kappa shape index (κ2) is 6.21. The van der Waals surface area contributed by atoms with Crippen LogP contribution in [0, 0.1) is 0 Å². The highest BCUT2D eigenvalue weighted by molar-refractivity contribution is 6.00. The fourth-order valence-electron chi connectivity index (χ4n) is 2.25. The number of nitrogens with zero attached hydrogens (tertiary/aromatic N) is 3. The Labute approximate surface area is 137 Å². The van der Waals surface area contributed by atoms with Crippen molar-refractivity contribution in [2.24, 2.45) is 11.5 Å². The van der Waals surface area contributed by atoms with E-state index in [9.17, 15) is 9.59 Å². The van der Waals surface area contributed by atoms with Gasteiger partial charge in [0.05, 0.1) is 17.6 Å². The van der Waals surface area contributed by atoms with Gasteiger partial charge in [-0.1, -0.05) is 18.2 Å². The number of pyridine rings is 1. The van der Waals surface area contributed by atoms with Crippen LogP contribution in [-0.4, -0.2) is 26.7 Å². The van der Waals surface area contributed by atoms with E-state index in [0.717, 1.165) is 11.1 Å². The summed E-state index contributed by atoms with van der Waals surface area (Å²) in [6.07, 6.45) is 4.95. The van der Waals surface area contributed by atoms with E-state index in [2.05, 4.69) is 15.4 Å². The Kier molecular flexibility index (Phi) is 3.94. The number of primary amides is 2. The molecule has 0 saturated carbocycles. The van der Waals surface area contributed by atoms with Crippen molar-refractivity contribution in [3.8, 4) is 16.8 Å². The van der Waals surface area contributed by atoms with Gasteiger partial charge < -0.3 is 16.8 Å². The highest BCUT2D eigenvalue weighted by Crippen LogP contribution is 2.21. The predicted molar refractivity (Wildman–Crippen MR) is 88.5 cm³/mol. The molecule has 3 amide bonds. The zero-order valence-corrected chi connectivity index (χ0v) is 12.5.